The molecule has 0 spiro atoms. The van der Waals surface area contributed by atoms with E-state index in [1.807, 2.05) is 13.0 Å². The van der Waals surface area contributed by atoms with Crippen LogP contribution in [0.15, 0.2) is 6.07 Å². The molecule has 0 aromatic carbocycles. The van der Waals surface area contributed by atoms with Crippen LogP contribution in [0.5, 0.6) is 0 Å². The summed E-state index contributed by atoms with van der Waals surface area (Å²) in [5, 5.41) is 0. The number of Topliss-reactive ketones (excluding diaryl/α,β-unsaturated/α-hetero) is 1. The van der Waals surface area contributed by atoms with Gasteiger partial charge in [0.15, 0.2) is 5.78 Å². The van der Waals surface area contributed by atoms with Gasteiger partial charge in [0.25, 0.3) is 0 Å². The van der Waals surface area contributed by atoms with E-state index in [1.54, 1.807) is 0 Å². The molecule has 0 radical (unpaired) electrons. The van der Waals surface area contributed by atoms with E-state index in [0.717, 1.165) is 15.1 Å². The van der Waals surface area contributed by atoms with Gasteiger partial charge in [-0.25, -0.2) is 4.79 Å². The summed E-state index contributed by atoms with van der Waals surface area (Å²) in [5.41, 5.74) is 1.49. The standard InChI is InChI=1S/C11H11NO3S/c1-5-4-7-10(16-5)8(6(2)13)9(12-7)11(14)15-3/h4,12H,1-3H3. The van der Waals surface area contributed by atoms with Crippen LogP contribution in [0.1, 0.15) is 32.6 Å². The first-order valence-corrected chi connectivity index (χ1v) is 5.57. The molecule has 0 aliphatic rings. The van der Waals surface area contributed by atoms with E-state index in [-0.39, 0.29) is 11.5 Å². The number of carbonyl (C=O) groups is 2. The second-order valence-electron chi connectivity index (χ2n) is 3.52. The number of methoxy groups -OCH3 is 1. The van der Waals surface area contributed by atoms with Crippen molar-refractivity contribution in [2.24, 2.45) is 0 Å². The lowest BCUT2D eigenvalue weighted by molar-refractivity contribution is 0.0591. The van der Waals surface area contributed by atoms with Crippen LogP contribution in [0.3, 0.4) is 0 Å². The van der Waals surface area contributed by atoms with Crippen LogP contribution in [0.2, 0.25) is 0 Å². The topological polar surface area (TPSA) is 59.2 Å². The molecule has 5 heteroatoms. The second-order valence-corrected chi connectivity index (χ2v) is 4.78. The Kier molecular flexibility index (Phi) is 2.55. The molecule has 2 heterocycles. The number of nitrogens with one attached hydrogen (secondary N) is 1. The second kappa shape index (κ2) is 3.75. The number of ketones is 1. The van der Waals surface area contributed by atoms with Crippen LogP contribution in [0.4, 0.5) is 0 Å². The molecule has 2 aromatic rings. The lowest BCUT2D eigenvalue weighted by atomic mass is 10.1. The van der Waals surface area contributed by atoms with Gasteiger partial charge in [0.05, 0.1) is 22.9 Å². The maximum absolute atomic E-state index is 11.5. The van der Waals surface area contributed by atoms with Crippen molar-refractivity contribution >= 4 is 33.3 Å². The first-order chi connectivity index (χ1) is 7.54. The molecule has 2 rings (SSSR count). The number of hydrogen-bond donors (Lipinski definition) is 1. The fourth-order valence-electron chi connectivity index (χ4n) is 1.69. The number of H-pyrrole nitrogens is 1. The number of aromatic amines is 1. The van der Waals surface area contributed by atoms with E-state index in [2.05, 4.69) is 9.72 Å². The Bertz CT molecular complexity index is 579. The minimum atomic E-state index is -0.508. The quantitative estimate of drug-likeness (QED) is 0.645. The maximum atomic E-state index is 11.5. The van der Waals surface area contributed by atoms with Gasteiger partial charge in [-0.2, -0.15) is 0 Å². The van der Waals surface area contributed by atoms with Gasteiger partial charge in [0, 0.05) is 4.88 Å². The molecular formula is C11H11NO3S. The zero-order valence-electron chi connectivity index (χ0n) is 9.21. The third kappa shape index (κ3) is 1.53. The lowest BCUT2D eigenvalue weighted by Crippen LogP contribution is -2.07. The third-order valence-electron chi connectivity index (χ3n) is 2.33. The number of aryl methyl sites for hydroxylation is 1. The summed E-state index contributed by atoms with van der Waals surface area (Å²) in [5.74, 6) is -0.639. The van der Waals surface area contributed by atoms with Crippen molar-refractivity contribution in [3.05, 3.63) is 22.2 Å². The van der Waals surface area contributed by atoms with Gasteiger partial charge in [-0.3, -0.25) is 4.79 Å². The zero-order valence-corrected chi connectivity index (χ0v) is 10.0. The summed E-state index contributed by atoms with van der Waals surface area (Å²) in [7, 11) is 1.30. The van der Waals surface area contributed by atoms with E-state index in [9.17, 15) is 9.59 Å². The van der Waals surface area contributed by atoms with Gasteiger partial charge >= 0.3 is 5.97 Å². The summed E-state index contributed by atoms with van der Waals surface area (Å²) >= 11 is 1.50. The molecule has 0 unspecified atom stereocenters. The molecule has 2 aromatic heterocycles. The highest BCUT2D eigenvalue weighted by atomic mass is 32.1. The molecule has 84 valence electrons. The molecule has 0 atom stereocenters. The monoisotopic (exact) mass is 237 g/mol. The number of hydrogen-bond acceptors (Lipinski definition) is 4. The SMILES string of the molecule is COC(=O)c1[nH]c2cc(C)sc2c1C(C)=O. The highest BCUT2D eigenvalue weighted by molar-refractivity contribution is 7.19. The first kappa shape index (κ1) is 10.9. The van der Waals surface area contributed by atoms with Crippen molar-refractivity contribution in [2.45, 2.75) is 13.8 Å². The van der Waals surface area contributed by atoms with Gasteiger partial charge in [-0.05, 0) is 19.9 Å². The molecule has 0 aliphatic heterocycles. The van der Waals surface area contributed by atoms with E-state index in [1.165, 1.54) is 25.4 Å². The number of carbonyl (C=O) groups excluding carboxylic acids is 2. The molecule has 0 fully saturated rings. The highest BCUT2D eigenvalue weighted by Gasteiger charge is 2.22. The fourth-order valence-corrected chi connectivity index (χ4v) is 2.76. The van der Waals surface area contributed by atoms with Gasteiger partial charge < -0.3 is 9.72 Å². The van der Waals surface area contributed by atoms with Gasteiger partial charge in [0.2, 0.25) is 0 Å². The Morgan fingerprint density at radius 2 is 2.12 bits per heavy atom. The molecule has 0 saturated heterocycles. The average Bonchev–Trinajstić information content (AvgIpc) is 2.71. The first-order valence-electron chi connectivity index (χ1n) is 4.76. The van der Waals surface area contributed by atoms with Crippen molar-refractivity contribution in [2.75, 3.05) is 7.11 Å². The van der Waals surface area contributed by atoms with Crippen LogP contribution in [0.25, 0.3) is 10.2 Å². The van der Waals surface area contributed by atoms with E-state index in [4.69, 9.17) is 0 Å². The van der Waals surface area contributed by atoms with Crippen molar-refractivity contribution in [1.82, 2.24) is 4.98 Å². The normalized spacial score (nSPS) is 10.7. The van der Waals surface area contributed by atoms with Gasteiger partial charge in [0.1, 0.15) is 5.69 Å². The fraction of sp³-hybridized carbons (Fsp3) is 0.273. The van der Waals surface area contributed by atoms with Crippen molar-refractivity contribution in [1.29, 1.82) is 0 Å². The van der Waals surface area contributed by atoms with Crippen LogP contribution in [-0.2, 0) is 4.74 Å². The molecule has 16 heavy (non-hydrogen) atoms. The van der Waals surface area contributed by atoms with Crippen LogP contribution < -0.4 is 0 Å². The number of rotatable bonds is 2. The summed E-state index contributed by atoms with van der Waals surface area (Å²) < 4.78 is 5.46. The zero-order chi connectivity index (χ0) is 11.9. The van der Waals surface area contributed by atoms with Gasteiger partial charge in [-0.1, -0.05) is 0 Å². The summed E-state index contributed by atoms with van der Waals surface area (Å²) in [4.78, 5) is 27.1. The molecule has 1 N–H and O–H groups in total. The highest BCUT2D eigenvalue weighted by Crippen LogP contribution is 2.31. The number of aromatic nitrogens is 1. The van der Waals surface area contributed by atoms with E-state index < -0.39 is 5.97 Å². The minimum Gasteiger partial charge on any atom is -0.464 e. The third-order valence-corrected chi connectivity index (χ3v) is 3.40. The molecule has 0 amide bonds. The van der Waals surface area contributed by atoms with E-state index in [0.29, 0.717) is 5.56 Å². The Morgan fingerprint density at radius 1 is 1.44 bits per heavy atom. The number of ether oxygens (including phenoxy) is 1. The maximum Gasteiger partial charge on any atom is 0.355 e. The number of fused-ring (bicyclic) bond motifs is 1. The Morgan fingerprint density at radius 3 is 2.69 bits per heavy atom. The Hall–Kier alpha value is -1.62. The Labute approximate surface area is 96.2 Å². The summed E-state index contributed by atoms with van der Waals surface area (Å²) in [6.45, 7) is 3.41. The summed E-state index contributed by atoms with van der Waals surface area (Å²) in [6, 6.07) is 1.92. The van der Waals surface area contributed by atoms with Gasteiger partial charge in [-0.15, -0.1) is 11.3 Å². The summed E-state index contributed by atoms with van der Waals surface area (Å²) in [6.07, 6.45) is 0. The predicted octanol–water partition coefficient (Wildman–Crippen LogP) is 2.53. The molecule has 0 aliphatic carbocycles. The number of thiophene rings is 1. The van der Waals surface area contributed by atoms with Crippen LogP contribution in [-0.4, -0.2) is 23.8 Å². The predicted molar refractivity (Wildman–Crippen MR) is 62.3 cm³/mol. The van der Waals surface area contributed by atoms with E-state index >= 15 is 0 Å². The minimum absolute atomic E-state index is 0.131. The smallest absolute Gasteiger partial charge is 0.355 e. The molecular weight excluding hydrogens is 226 g/mol. The van der Waals surface area contributed by atoms with Crippen molar-refractivity contribution < 1.29 is 14.3 Å². The molecule has 0 bridgehead atoms. The number of esters is 1. The van der Waals surface area contributed by atoms with Crippen LogP contribution in [0, 0.1) is 6.92 Å². The lowest BCUT2D eigenvalue weighted by Gasteiger charge is -1.98. The molecule has 4 nitrogen and oxygen atoms in total. The molecule has 0 saturated carbocycles. The van der Waals surface area contributed by atoms with Crippen LogP contribution >= 0.6 is 11.3 Å². The largest absolute Gasteiger partial charge is 0.464 e. The van der Waals surface area contributed by atoms with Crippen molar-refractivity contribution in [3.8, 4) is 0 Å². The average molecular weight is 237 g/mol. The Balaban J connectivity index is 2.74. The van der Waals surface area contributed by atoms with Crippen molar-refractivity contribution in [3.63, 3.8) is 0 Å².